The number of nitrogen functional groups attached to an aromatic ring is 1. The van der Waals surface area contributed by atoms with Crippen LogP contribution in [0.15, 0.2) is 30.5 Å². The van der Waals surface area contributed by atoms with Crippen LogP contribution in [0, 0.1) is 11.3 Å². The number of hydrogen-bond acceptors (Lipinski definition) is 6. The van der Waals surface area contributed by atoms with Gasteiger partial charge in [-0.1, -0.05) is 12.1 Å². The number of hydrogen-bond donors (Lipinski definition) is 2. The van der Waals surface area contributed by atoms with Gasteiger partial charge < -0.3 is 24.9 Å². The molecule has 1 aromatic carbocycles. The lowest BCUT2D eigenvalue weighted by Crippen LogP contribution is -2.12. The summed E-state index contributed by atoms with van der Waals surface area (Å²) in [6.07, 6.45) is 1.45. The Bertz CT molecular complexity index is 731. The molecule has 2 aromatic rings. The molecule has 0 bridgehead atoms. The third-order valence-electron chi connectivity index (χ3n) is 3.02. The van der Waals surface area contributed by atoms with Crippen molar-refractivity contribution in [2.24, 2.45) is 0 Å². The second-order valence-electron chi connectivity index (χ2n) is 4.32. The highest BCUT2D eigenvalue weighted by molar-refractivity contribution is 5.96. The van der Waals surface area contributed by atoms with E-state index in [0.717, 1.165) is 0 Å². The molecule has 1 aromatic heterocycles. The molecule has 7 heteroatoms. The Morgan fingerprint density at radius 3 is 2.82 bits per heavy atom. The average molecular weight is 301 g/mol. The minimum atomic E-state index is -0.657. The standard InChI is InChI=1S/C15H15N3O4/c1-21-15(20)14-13(17)10(8-16)9-18(14)11-4-2-3-5-12(11)22-7-6-19/h2-5,9,19H,6-7,17H2,1H3. The van der Waals surface area contributed by atoms with Gasteiger partial charge in [0, 0.05) is 6.20 Å². The third kappa shape index (κ3) is 2.73. The number of para-hydroxylation sites is 2. The lowest BCUT2D eigenvalue weighted by atomic mass is 10.2. The maximum Gasteiger partial charge on any atom is 0.357 e. The van der Waals surface area contributed by atoms with E-state index in [0.29, 0.717) is 11.4 Å². The average Bonchev–Trinajstić information content (AvgIpc) is 2.89. The Morgan fingerprint density at radius 1 is 1.45 bits per heavy atom. The Morgan fingerprint density at radius 2 is 2.18 bits per heavy atom. The predicted octanol–water partition coefficient (Wildman–Crippen LogP) is 1.09. The first-order valence-electron chi connectivity index (χ1n) is 6.46. The van der Waals surface area contributed by atoms with Crippen LogP contribution < -0.4 is 10.5 Å². The van der Waals surface area contributed by atoms with Crippen LogP contribution in [0.3, 0.4) is 0 Å². The Balaban J connectivity index is 2.63. The fourth-order valence-corrected chi connectivity index (χ4v) is 2.04. The fourth-order valence-electron chi connectivity index (χ4n) is 2.04. The van der Waals surface area contributed by atoms with E-state index >= 15 is 0 Å². The lowest BCUT2D eigenvalue weighted by molar-refractivity contribution is 0.0593. The van der Waals surface area contributed by atoms with E-state index in [2.05, 4.69) is 0 Å². The van der Waals surface area contributed by atoms with Crippen molar-refractivity contribution in [3.63, 3.8) is 0 Å². The van der Waals surface area contributed by atoms with E-state index in [-0.39, 0.29) is 30.2 Å². The van der Waals surface area contributed by atoms with Crippen LogP contribution in [-0.2, 0) is 4.74 Å². The summed E-state index contributed by atoms with van der Waals surface area (Å²) < 4.78 is 11.6. The first kappa shape index (κ1) is 15.4. The summed E-state index contributed by atoms with van der Waals surface area (Å²) in [6.45, 7) is -0.0398. The highest BCUT2D eigenvalue weighted by Crippen LogP contribution is 2.29. The van der Waals surface area contributed by atoms with E-state index in [1.807, 2.05) is 6.07 Å². The van der Waals surface area contributed by atoms with Crippen LogP contribution in [-0.4, -0.2) is 36.0 Å². The van der Waals surface area contributed by atoms with Gasteiger partial charge >= 0.3 is 5.97 Å². The van der Waals surface area contributed by atoms with Crippen molar-refractivity contribution < 1.29 is 19.4 Å². The number of aliphatic hydroxyl groups excluding tert-OH is 1. The van der Waals surface area contributed by atoms with Crippen LogP contribution in [0.4, 0.5) is 5.69 Å². The summed E-state index contributed by atoms with van der Waals surface area (Å²) >= 11 is 0. The summed E-state index contributed by atoms with van der Waals surface area (Å²) in [5.74, 6) is -0.211. The number of nitriles is 1. The topological polar surface area (TPSA) is 110 Å². The van der Waals surface area contributed by atoms with Gasteiger partial charge in [-0.2, -0.15) is 5.26 Å². The number of ether oxygens (including phenoxy) is 2. The summed E-state index contributed by atoms with van der Waals surface area (Å²) in [5, 5.41) is 18.0. The summed E-state index contributed by atoms with van der Waals surface area (Å²) in [5.41, 5.74) is 6.64. The van der Waals surface area contributed by atoms with Crippen molar-refractivity contribution in [3.05, 3.63) is 41.7 Å². The zero-order chi connectivity index (χ0) is 16.1. The first-order valence-corrected chi connectivity index (χ1v) is 6.46. The number of rotatable bonds is 5. The van der Waals surface area contributed by atoms with Crippen LogP contribution in [0.25, 0.3) is 5.69 Å². The molecule has 0 radical (unpaired) electrons. The number of methoxy groups -OCH3 is 1. The van der Waals surface area contributed by atoms with Crippen LogP contribution in [0.2, 0.25) is 0 Å². The summed E-state index contributed by atoms with van der Waals surface area (Å²) in [4.78, 5) is 12.0. The number of nitrogens with zero attached hydrogens (tertiary/aromatic N) is 2. The molecule has 0 aliphatic heterocycles. The van der Waals surface area contributed by atoms with Gasteiger partial charge in [-0.15, -0.1) is 0 Å². The molecule has 0 fully saturated rings. The van der Waals surface area contributed by atoms with Gasteiger partial charge in [0.25, 0.3) is 0 Å². The van der Waals surface area contributed by atoms with Crippen molar-refractivity contribution in [2.75, 3.05) is 26.1 Å². The Kier molecular flexibility index (Phi) is 4.66. The number of nitrogens with two attached hydrogens (primary N) is 1. The SMILES string of the molecule is COC(=O)c1c(N)c(C#N)cn1-c1ccccc1OCCO. The maximum absolute atomic E-state index is 12.0. The highest BCUT2D eigenvalue weighted by Gasteiger charge is 2.23. The van der Waals surface area contributed by atoms with Gasteiger partial charge in [-0.25, -0.2) is 4.79 Å². The summed E-state index contributed by atoms with van der Waals surface area (Å²) in [7, 11) is 1.24. The van der Waals surface area contributed by atoms with Gasteiger partial charge in [0.05, 0.1) is 30.7 Å². The van der Waals surface area contributed by atoms with Gasteiger partial charge in [-0.05, 0) is 12.1 Å². The molecule has 0 saturated heterocycles. The zero-order valence-electron chi connectivity index (χ0n) is 11.9. The van der Waals surface area contributed by atoms with Crippen molar-refractivity contribution in [1.29, 1.82) is 5.26 Å². The monoisotopic (exact) mass is 301 g/mol. The molecule has 0 atom stereocenters. The number of carbonyl (C=O) groups is 1. The van der Waals surface area contributed by atoms with Crippen molar-refractivity contribution >= 4 is 11.7 Å². The minimum Gasteiger partial charge on any atom is -0.489 e. The zero-order valence-corrected chi connectivity index (χ0v) is 11.9. The molecule has 0 saturated carbocycles. The molecule has 0 spiro atoms. The Hall–Kier alpha value is -2.98. The molecule has 7 nitrogen and oxygen atoms in total. The molecular formula is C15H15N3O4. The lowest BCUT2D eigenvalue weighted by Gasteiger charge is -2.13. The molecule has 22 heavy (non-hydrogen) atoms. The molecule has 0 unspecified atom stereocenters. The third-order valence-corrected chi connectivity index (χ3v) is 3.02. The number of anilines is 1. The van der Waals surface area contributed by atoms with E-state index in [1.54, 1.807) is 24.3 Å². The summed E-state index contributed by atoms with van der Waals surface area (Å²) in [6, 6.07) is 8.84. The van der Waals surface area contributed by atoms with Crippen LogP contribution in [0.5, 0.6) is 5.75 Å². The first-order chi connectivity index (χ1) is 10.6. The van der Waals surface area contributed by atoms with Gasteiger partial charge in [0.2, 0.25) is 0 Å². The van der Waals surface area contributed by atoms with Crippen molar-refractivity contribution in [3.8, 4) is 17.5 Å². The van der Waals surface area contributed by atoms with Crippen molar-refractivity contribution in [2.45, 2.75) is 0 Å². The molecule has 114 valence electrons. The second kappa shape index (κ2) is 6.65. The highest BCUT2D eigenvalue weighted by atomic mass is 16.5. The minimum absolute atomic E-state index is 0.0475. The van der Waals surface area contributed by atoms with Crippen LogP contribution in [0.1, 0.15) is 16.1 Å². The van der Waals surface area contributed by atoms with Crippen molar-refractivity contribution in [1.82, 2.24) is 4.57 Å². The maximum atomic E-state index is 12.0. The number of aromatic nitrogens is 1. The molecule has 1 heterocycles. The second-order valence-corrected chi connectivity index (χ2v) is 4.32. The molecule has 0 aliphatic rings. The van der Waals surface area contributed by atoms with E-state index < -0.39 is 5.97 Å². The van der Waals surface area contributed by atoms with Gasteiger partial charge in [0.15, 0.2) is 5.69 Å². The smallest absolute Gasteiger partial charge is 0.357 e. The normalized spacial score (nSPS) is 10.0. The largest absolute Gasteiger partial charge is 0.489 e. The number of esters is 1. The fraction of sp³-hybridized carbons (Fsp3) is 0.200. The quantitative estimate of drug-likeness (QED) is 0.800. The van der Waals surface area contributed by atoms with E-state index in [9.17, 15) is 4.79 Å². The molecule has 3 N–H and O–H groups in total. The van der Waals surface area contributed by atoms with E-state index in [1.165, 1.54) is 17.9 Å². The molecular weight excluding hydrogens is 286 g/mol. The number of aliphatic hydroxyl groups is 1. The predicted molar refractivity (Wildman–Crippen MR) is 78.8 cm³/mol. The number of benzene rings is 1. The van der Waals surface area contributed by atoms with Crippen LogP contribution >= 0.6 is 0 Å². The molecule has 2 rings (SSSR count). The molecule has 0 aliphatic carbocycles. The molecule has 0 amide bonds. The van der Waals surface area contributed by atoms with Gasteiger partial charge in [0.1, 0.15) is 18.4 Å². The number of carbonyl (C=O) groups excluding carboxylic acids is 1. The van der Waals surface area contributed by atoms with Gasteiger partial charge in [-0.3, -0.25) is 0 Å². The van der Waals surface area contributed by atoms with E-state index in [4.69, 9.17) is 25.6 Å². The Labute approximate surface area is 127 Å².